The molecule has 1 heterocycles. The van der Waals surface area contributed by atoms with E-state index in [4.69, 9.17) is 11.6 Å². The molecule has 1 fully saturated rings. The number of aromatic nitrogens is 2. The lowest BCUT2D eigenvalue weighted by Crippen LogP contribution is -2.27. The molecule has 126 valence electrons. The molecule has 1 N–H and O–H groups in total. The van der Waals surface area contributed by atoms with Crippen LogP contribution in [0.25, 0.3) is 16.9 Å². The third kappa shape index (κ3) is 3.30. The quantitative estimate of drug-likeness (QED) is 0.757. The summed E-state index contributed by atoms with van der Waals surface area (Å²) in [7, 11) is 0. The first-order valence-corrected chi connectivity index (χ1v) is 8.72. The molecule has 5 heteroatoms. The largest absolute Gasteiger partial charge is 0.348 e. The highest BCUT2D eigenvalue weighted by Gasteiger charge is 2.26. The van der Waals surface area contributed by atoms with E-state index in [9.17, 15) is 4.79 Å². The van der Waals surface area contributed by atoms with Gasteiger partial charge in [0.1, 0.15) is 5.69 Å². The molecule has 1 amide bonds. The van der Waals surface area contributed by atoms with E-state index in [0.29, 0.717) is 16.4 Å². The Morgan fingerprint density at radius 2 is 1.96 bits per heavy atom. The topological polar surface area (TPSA) is 46.9 Å². The van der Waals surface area contributed by atoms with Gasteiger partial charge in [-0.05, 0) is 49.6 Å². The maximum absolute atomic E-state index is 12.7. The van der Waals surface area contributed by atoms with Crippen molar-refractivity contribution >= 4 is 17.5 Å². The van der Waals surface area contributed by atoms with Crippen molar-refractivity contribution in [1.82, 2.24) is 15.1 Å². The Hall–Kier alpha value is -2.59. The predicted molar refractivity (Wildman–Crippen MR) is 99.2 cm³/mol. The number of rotatable bonds is 4. The first kappa shape index (κ1) is 15.9. The summed E-state index contributed by atoms with van der Waals surface area (Å²) in [5, 5.41) is 8.33. The Bertz CT molecular complexity index is 944. The molecule has 0 unspecified atom stereocenters. The SMILES string of the molecule is Cc1cccc(-n2nc(-c3ccccc3Cl)cc2C(=O)NC2CC2)c1. The molecule has 2 aromatic carbocycles. The van der Waals surface area contributed by atoms with Crippen molar-refractivity contribution in [2.45, 2.75) is 25.8 Å². The molecule has 4 rings (SSSR count). The van der Waals surface area contributed by atoms with Crippen molar-refractivity contribution in [2.24, 2.45) is 0 Å². The summed E-state index contributed by atoms with van der Waals surface area (Å²) < 4.78 is 1.70. The summed E-state index contributed by atoms with van der Waals surface area (Å²) in [6, 6.07) is 17.6. The van der Waals surface area contributed by atoms with Gasteiger partial charge in [0.2, 0.25) is 0 Å². The van der Waals surface area contributed by atoms with Gasteiger partial charge in [0.05, 0.1) is 16.4 Å². The van der Waals surface area contributed by atoms with Crippen molar-refractivity contribution in [3.8, 4) is 16.9 Å². The van der Waals surface area contributed by atoms with E-state index in [1.54, 1.807) is 10.7 Å². The van der Waals surface area contributed by atoms with Crippen LogP contribution in [0.1, 0.15) is 28.9 Å². The number of benzene rings is 2. The lowest BCUT2D eigenvalue weighted by molar-refractivity contribution is 0.0943. The monoisotopic (exact) mass is 351 g/mol. The molecule has 0 radical (unpaired) electrons. The molecule has 1 aliphatic rings. The molecule has 1 aliphatic carbocycles. The first-order chi connectivity index (χ1) is 12.1. The number of hydrogen-bond donors (Lipinski definition) is 1. The van der Waals surface area contributed by atoms with Gasteiger partial charge in [-0.2, -0.15) is 5.10 Å². The van der Waals surface area contributed by atoms with Gasteiger partial charge in [0, 0.05) is 11.6 Å². The zero-order chi connectivity index (χ0) is 17.4. The summed E-state index contributed by atoms with van der Waals surface area (Å²) in [6.07, 6.45) is 2.09. The molecule has 0 spiro atoms. The van der Waals surface area contributed by atoms with E-state index >= 15 is 0 Å². The fraction of sp³-hybridized carbons (Fsp3) is 0.200. The maximum Gasteiger partial charge on any atom is 0.270 e. The van der Waals surface area contributed by atoms with Crippen LogP contribution >= 0.6 is 11.6 Å². The van der Waals surface area contributed by atoms with Crippen molar-refractivity contribution in [1.29, 1.82) is 0 Å². The van der Waals surface area contributed by atoms with Crippen LogP contribution in [0, 0.1) is 6.92 Å². The molecule has 1 aromatic heterocycles. The maximum atomic E-state index is 12.7. The fourth-order valence-corrected chi connectivity index (χ4v) is 3.02. The number of aryl methyl sites for hydroxylation is 1. The van der Waals surface area contributed by atoms with Gasteiger partial charge in [-0.3, -0.25) is 4.79 Å². The van der Waals surface area contributed by atoms with Crippen LogP contribution in [0.5, 0.6) is 0 Å². The van der Waals surface area contributed by atoms with Gasteiger partial charge < -0.3 is 5.32 Å². The molecular formula is C20H18ClN3O. The number of nitrogens with zero attached hydrogens (tertiary/aromatic N) is 2. The van der Waals surface area contributed by atoms with E-state index in [-0.39, 0.29) is 11.9 Å². The zero-order valence-corrected chi connectivity index (χ0v) is 14.6. The minimum Gasteiger partial charge on any atom is -0.348 e. The average Bonchev–Trinajstić information content (AvgIpc) is 3.30. The van der Waals surface area contributed by atoms with Gasteiger partial charge in [-0.15, -0.1) is 0 Å². The van der Waals surface area contributed by atoms with Gasteiger partial charge in [0.15, 0.2) is 0 Å². The Morgan fingerprint density at radius 1 is 1.16 bits per heavy atom. The minimum atomic E-state index is -0.102. The highest BCUT2D eigenvalue weighted by atomic mass is 35.5. The number of halogens is 1. The van der Waals surface area contributed by atoms with Crippen LogP contribution in [-0.4, -0.2) is 21.7 Å². The summed E-state index contributed by atoms with van der Waals surface area (Å²) in [6.45, 7) is 2.02. The molecule has 0 aliphatic heterocycles. The second-order valence-corrected chi connectivity index (χ2v) is 6.80. The van der Waals surface area contributed by atoms with E-state index in [1.165, 1.54) is 0 Å². The van der Waals surface area contributed by atoms with E-state index in [1.807, 2.05) is 55.5 Å². The van der Waals surface area contributed by atoms with Gasteiger partial charge in [-0.1, -0.05) is 41.9 Å². The van der Waals surface area contributed by atoms with Gasteiger partial charge >= 0.3 is 0 Å². The van der Waals surface area contributed by atoms with Crippen LogP contribution in [0.15, 0.2) is 54.6 Å². The summed E-state index contributed by atoms with van der Waals surface area (Å²) in [4.78, 5) is 12.7. The van der Waals surface area contributed by atoms with Gasteiger partial charge in [0.25, 0.3) is 5.91 Å². The number of amides is 1. The molecule has 25 heavy (non-hydrogen) atoms. The molecule has 0 bridgehead atoms. The second kappa shape index (κ2) is 6.37. The molecular weight excluding hydrogens is 334 g/mol. The Morgan fingerprint density at radius 3 is 2.68 bits per heavy atom. The molecule has 4 nitrogen and oxygen atoms in total. The predicted octanol–water partition coefficient (Wildman–Crippen LogP) is 4.39. The summed E-state index contributed by atoms with van der Waals surface area (Å²) in [5.74, 6) is -0.102. The standard InChI is InChI=1S/C20H18ClN3O/c1-13-5-4-6-15(11-13)24-19(20(25)22-14-9-10-14)12-18(23-24)16-7-2-3-8-17(16)21/h2-8,11-12,14H,9-10H2,1H3,(H,22,25). The molecule has 0 saturated heterocycles. The molecule has 0 atom stereocenters. The van der Waals surface area contributed by atoms with E-state index < -0.39 is 0 Å². The van der Waals surface area contributed by atoms with Gasteiger partial charge in [-0.25, -0.2) is 4.68 Å². The van der Waals surface area contributed by atoms with Crippen molar-refractivity contribution < 1.29 is 4.79 Å². The third-order valence-electron chi connectivity index (χ3n) is 4.25. The van der Waals surface area contributed by atoms with Crippen molar-refractivity contribution in [3.05, 3.63) is 70.9 Å². The highest BCUT2D eigenvalue weighted by molar-refractivity contribution is 6.33. The molecule has 3 aromatic rings. The number of hydrogen-bond acceptors (Lipinski definition) is 2. The van der Waals surface area contributed by atoms with Crippen LogP contribution in [-0.2, 0) is 0 Å². The van der Waals surface area contributed by atoms with Crippen LogP contribution < -0.4 is 5.32 Å². The normalized spacial score (nSPS) is 13.7. The Kier molecular flexibility index (Phi) is 4.06. The smallest absolute Gasteiger partial charge is 0.270 e. The van der Waals surface area contributed by atoms with Crippen LogP contribution in [0.2, 0.25) is 5.02 Å². The third-order valence-corrected chi connectivity index (χ3v) is 4.58. The van der Waals surface area contributed by atoms with Crippen LogP contribution in [0.3, 0.4) is 0 Å². The Balaban J connectivity index is 1.82. The average molecular weight is 352 g/mol. The van der Waals surface area contributed by atoms with E-state index in [0.717, 1.165) is 29.7 Å². The molecule has 1 saturated carbocycles. The second-order valence-electron chi connectivity index (χ2n) is 6.39. The summed E-state index contributed by atoms with van der Waals surface area (Å²) >= 11 is 6.32. The lowest BCUT2D eigenvalue weighted by Gasteiger charge is -2.08. The number of nitrogens with one attached hydrogen (secondary N) is 1. The first-order valence-electron chi connectivity index (χ1n) is 8.35. The van der Waals surface area contributed by atoms with Crippen LogP contribution in [0.4, 0.5) is 0 Å². The minimum absolute atomic E-state index is 0.102. The van der Waals surface area contributed by atoms with Crippen molar-refractivity contribution in [3.63, 3.8) is 0 Å². The number of carbonyl (C=O) groups excluding carboxylic acids is 1. The summed E-state index contributed by atoms with van der Waals surface area (Å²) in [5.41, 5.74) is 4.00. The van der Waals surface area contributed by atoms with Crippen molar-refractivity contribution in [2.75, 3.05) is 0 Å². The zero-order valence-electron chi connectivity index (χ0n) is 13.9. The number of carbonyl (C=O) groups is 1. The highest BCUT2D eigenvalue weighted by Crippen LogP contribution is 2.29. The Labute approximate surface area is 151 Å². The fourth-order valence-electron chi connectivity index (χ4n) is 2.79. The van der Waals surface area contributed by atoms with E-state index in [2.05, 4.69) is 10.4 Å². The lowest BCUT2D eigenvalue weighted by atomic mass is 10.1.